The van der Waals surface area contributed by atoms with E-state index in [-0.39, 0.29) is 0 Å². The second kappa shape index (κ2) is 7.35. The molecular weight excluding hydrogens is 312 g/mol. The van der Waals surface area contributed by atoms with Gasteiger partial charge in [0.2, 0.25) is 0 Å². The van der Waals surface area contributed by atoms with Gasteiger partial charge in [0.15, 0.2) is 0 Å². The number of hydrogen-bond donors (Lipinski definition) is 0. The van der Waals surface area contributed by atoms with E-state index in [1.54, 1.807) is 0 Å². The van der Waals surface area contributed by atoms with Crippen LogP contribution in [0.5, 0.6) is 0 Å². The van der Waals surface area contributed by atoms with Crippen molar-refractivity contribution in [3.05, 3.63) is 58.7 Å². The summed E-state index contributed by atoms with van der Waals surface area (Å²) in [5.41, 5.74) is 8.22. The Labute approximate surface area is 149 Å². The quantitative estimate of drug-likeness (QED) is 0.636. The van der Waals surface area contributed by atoms with Crippen LogP contribution in [0.1, 0.15) is 35.1 Å². The first-order valence-corrected chi connectivity index (χ1v) is 9.46. The van der Waals surface area contributed by atoms with Crippen molar-refractivity contribution in [2.24, 2.45) is 9.98 Å². The Kier molecular flexibility index (Phi) is 5.20. The molecule has 0 aromatic heterocycles. The van der Waals surface area contributed by atoms with E-state index in [0.717, 1.165) is 34.3 Å². The Morgan fingerprint density at radius 2 is 1.25 bits per heavy atom. The zero-order chi connectivity index (χ0) is 17.1. The van der Waals surface area contributed by atoms with Gasteiger partial charge < -0.3 is 0 Å². The summed E-state index contributed by atoms with van der Waals surface area (Å²) >= 11 is 1.83. The molecular formula is C21H24N2S. The molecule has 0 aliphatic carbocycles. The van der Waals surface area contributed by atoms with Crippen LogP contribution in [0.3, 0.4) is 0 Å². The smallest absolute Gasteiger partial charge is 0.118 e. The lowest BCUT2D eigenvalue weighted by Crippen LogP contribution is -2.16. The van der Waals surface area contributed by atoms with Gasteiger partial charge in [-0.15, -0.1) is 11.8 Å². The third-order valence-corrected chi connectivity index (χ3v) is 5.48. The number of rotatable bonds is 2. The number of hydrogen-bond acceptors (Lipinski definition) is 3. The number of nitrogens with zero attached hydrogens (tertiary/aromatic N) is 2. The van der Waals surface area contributed by atoms with Gasteiger partial charge in [0.05, 0.1) is 17.1 Å². The highest BCUT2D eigenvalue weighted by atomic mass is 32.2. The minimum atomic E-state index is 1.00. The Morgan fingerprint density at radius 3 is 1.79 bits per heavy atom. The molecule has 0 amide bonds. The number of aliphatic imine (C=N–C) groups is 2. The monoisotopic (exact) mass is 336 g/mol. The van der Waals surface area contributed by atoms with Crippen molar-refractivity contribution in [1.29, 1.82) is 0 Å². The van der Waals surface area contributed by atoms with Crippen LogP contribution in [-0.4, -0.2) is 16.5 Å². The van der Waals surface area contributed by atoms with Crippen LogP contribution in [0, 0.1) is 27.7 Å². The largest absolute Gasteiger partial charge is 0.250 e. The molecule has 2 nitrogen and oxygen atoms in total. The summed E-state index contributed by atoms with van der Waals surface area (Å²) in [6.45, 7) is 8.51. The van der Waals surface area contributed by atoms with E-state index in [1.165, 1.54) is 28.7 Å². The maximum absolute atomic E-state index is 5.02. The third-order valence-electron chi connectivity index (χ3n) is 4.38. The van der Waals surface area contributed by atoms with Crippen molar-refractivity contribution in [3.63, 3.8) is 0 Å². The van der Waals surface area contributed by atoms with Gasteiger partial charge in [-0.25, -0.2) is 4.99 Å². The minimum Gasteiger partial charge on any atom is -0.250 e. The molecule has 3 rings (SSSR count). The van der Waals surface area contributed by atoms with Gasteiger partial charge >= 0.3 is 0 Å². The molecule has 1 heterocycles. The van der Waals surface area contributed by atoms with Crippen molar-refractivity contribution in [1.82, 2.24) is 0 Å². The van der Waals surface area contributed by atoms with E-state index in [2.05, 4.69) is 64.1 Å². The van der Waals surface area contributed by atoms with E-state index in [0.29, 0.717) is 0 Å². The molecule has 0 bridgehead atoms. The van der Waals surface area contributed by atoms with Gasteiger partial charge in [0.25, 0.3) is 0 Å². The van der Waals surface area contributed by atoms with Gasteiger partial charge in [0.1, 0.15) is 5.04 Å². The Hall–Kier alpha value is -1.87. The average Bonchev–Trinajstić information content (AvgIpc) is 2.56. The van der Waals surface area contributed by atoms with Gasteiger partial charge in [-0.05, 0) is 68.5 Å². The fraction of sp³-hybridized carbons (Fsp3) is 0.333. The van der Waals surface area contributed by atoms with E-state index >= 15 is 0 Å². The molecule has 2 aromatic rings. The van der Waals surface area contributed by atoms with Crippen molar-refractivity contribution in [2.45, 2.75) is 40.5 Å². The fourth-order valence-corrected chi connectivity index (χ4v) is 3.95. The van der Waals surface area contributed by atoms with E-state index in [1.807, 2.05) is 11.8 Å². The maximum atomic E-state index is 5.02. The molecule has 0 atom stereocenters. The number of thioether (sulfide) groups is 1. The van der Waals surface area contributed by atoms with Crippen LogP contribution < -0.4 is 0 Å². The second-order valence-electron chi connectivity index (χ2n) is 6.41. The van der Waals surface area contributed by atoms with E-state index in [9.17, 15) is 0 Å². The summed E-state index contributed by atoms with van der Waals surface area (Å²) < 4.78 is 0. The maximum Gasteiger partial charge on any atom is 0.118 e. The molecule has 1 aliphatic heterocycles. The number of aryl methyl sites for hydroxylation is 4. The highest BCUT2D eigenvalue weighted by Crippen LogP contribution is 2.30. The van der Waals surface area contributed by atoms with Crippen molar-refractivity contribution in [3.8, 4) is 0 Å². The molecule has 0 N–H and O–H groups in total. The molecule has 3 heteroatoms. The Morgan fingerprint density at radius 1 is 0.750 bits per heavy atom. The first kappa shape index (κ1) is 17.0. The fourth-order valence-electron chi connectivity index (χ4n) is 3.00. The molecule has 1 aliphatic rings. The number of benzene rings is 2. The van der Waals surface area contributed by atoms with E-state index in [4.69, 9.17) is 9.98 Å². The van der Waals surface area contributed by atoms with Gasteiger partial charge in [-0.2, -0.15) is 0 Å². The molecule has 24 heavy (non-hydrogen) atoms. The lowest BCUT2D eigenvalue weighted by molar-refractivity contribution is 1.01. The predicted molar refractivity (Wildman–Crippen MR) is 108 cm³/mol. The minimum absolute atomic E-state index is 1.00. The van der Waals surface area contributed by atoms with Gasteiger partial charge in [0, 0.05) is 0 Å². The third kappa shape index (κ3) is 3.62. The van der Waals surface area contributed by atoms with Gasteiger partial charge in [-0.3, -0.25) is 4.99 Å². The molecule has 2 aromatic carbocycles. The van der Waals surface area contributed by atoms with Crippen molar-refractivity contribution >= 4 is 33.9 Å². The van der Waals surface area contributed by atoms with Crippen molar-refractivity contribution in [2.75, 3.05) is 5.75 Å². The first-order valence-electron chi connectivity index (χ1n) is 8.48. The first-order chi connectivity index (χ1) is 11.6. The molecule has 1 saturated heterocycles. The molecule has 0 spiro atoms. The summed E-state index contributed by atoms with van der Waals surface area (Å²) in [6, 6.07) is 12.7. The van der Waals surface area contributed by atoms with Gasteiger partial charge in [-0.1, -0.05) is 36.4 Å². The summed E-state index contributed by atoms with van der Waals surface area (Å²) in [4.78, 5) is 10.0. The standard InChI is InChI=1S/C21H24N2S/c1-14-8-5-9-15(2)19(14)22-18-12-7-13-24-21(18)23-20-16(3)10-6-11-17(20)4/h5-6,8-11H,7,12-13H2,1-4H3. The SMILES string of the molecule is Cc1cccc(C)c1N=C1CCCSC1=Nc1c(C)cccc1C. The lowest BCUT2D eigenvalue weighted by atomic mass is 10.1. The lowest BCUT2D eigenvalue weighted by Gasteiger charge is -2.17. The normalized spacial score (nSPS) is 18.3. The second-order valence-corrected chi connectivity index (χ2v) is 7.49. The van der Waals surface area contributed by atoms with Crippen LogP contribution >= 0.6 is 11.8 Å². The summed E-state index contributed by atoms with van der Waals surface area (Å²) in [5, 5.41) is 1.08. The van der Waals surface area contributed by atoms with Crippen LogP contribution in [0.2, 0.25) is 0 Å². The highest BCUT2D eigenvalue weighted by Gasteiger charge is 2.17. The Bertz CT molecular complexity index is 709. The number of para-hydroxylation sites is 2. The Balaban J connectivity index is 2.06. The molecule has 0 unspecified atom stereocenters. The van der Waals surface area contributed by atoms with Crippen LogP contribution in [0.4, 0.5) is 11.4 Å². The summed E-state index contributed by atoms with van der Waals surface area (Å²) in [5.74, 6) is 1.12. The van der Waals surface area contributed by atoms with E-state index < -0.39 is 0 Å². The molecule has 124 valence electrons. The summed E-state index contributed by atoms with van der Waals surface area (Å²) in [6.07, 6.45) is 2.17. The molecule has 1 fully saturated rings. The topological polar surface area (TPSA) is 24.7 Å². The zero-order valence-corrected chi connectivity index (χ0v) is 15.7. The average molecular weight is 337 g/mol. The predicted octanol–water partition coefficient (Wildman–Crippen LogP) is 6.25. The van der Waals surface area contributed by atoms with Crippen molar-refractivity contribution < 1.29 is 0 Å². The van der Waals surface area contributed by atoms with Crippen LogP contribution in [0.25, 0.3) is 0 Å². The molecule has 0 radical (unpaired) electrons. The van der Waals surface area contributed by atoms with Crippen LogP contribution in [-0.2, 0) is 0 Å². The molecule has 0 saturated carbocycles. The highest BCUT2D eigenvalue weighted by molar-refractivity contribution is 8.15. The zero-order valence-electron chi connectivity index (χ0n) is 14.9. The summed E-state index contributed by atoms with van der Waals surface area (Å²) in [7, 11) is 0. The van der Waals surface area contributed by atoms with Crippen LogP contribution in [0.15, 0.2) is 46.4 Å².